The van der Waals surface area contributed by atoms with E-state index in [2.05, 4.69) is 98.9 Å². The van der Waals surface area contributed by atoms with Crippen molar-refractivity contribution in [2.75, 3.05) is 40.5 Å². The molecule has 0 bridgehead atoms. The number of esters is 2. The van der Waals surface area contributed by atoms with Crippen molar-refractivity contribution in [3.63, 3.8) is 0 Å². The number of rotatable bonds is 41. The molecule has 0 aliphatic carbocycles. The molecule has 0 rings (SSSR count). The van der Waals surface area contributed by atoms with Gasteiger partial charge in [0.05, 0.1) is 13.2 Å². The van der Waals surface area contributed by atoms with Gasteiger partial charge in [-0.3, -0.25) is 18.6 Å². The van der Waals surface area contributed by atoms with Crippen molar-refractivity contribution in [2.45, 2.75) is 174 Å². The van der Waals surface area contributed by atoms with Crippen molar-refractivity contribution >= 4 is 19.8 Å². The van der Waals surface area contributed by atoms with Crippen LogP contribution in [-0.4, -0.2) is 68.3 Å². The van der Waals surface area contributed by atoms with E-state index in [9.17, 15) is 19.0 Å². The highest BCUT2D eigenvalue weighted by molar-refractivity contribution is 7.47. The van der Waals surface area contributed by atoms with Gasteiger partial charge in [0.2, 0.25) is 0 Å². The molecule has 0 aromatic carbocycles. The van der Waals surface area contributed by atoms with Crippen LogP contribution in [-0.2, 0) is 32.7 Å². The lowest BCUT2D eigenvalue weighted by atomic mass is 10.1. The molecule has 59 heavy (non-hydrogen) atoms. The van der Waals surface area contributed by atoms with Crippen LogP contribution in [0.3, 0.4) is 0 Å². The van der Waals surface area contributed by atoms with Gasteiger partial charge in [-0.05, 0) is 104 Å². The third-order valence-electron chi connectivity index (χ3n) is 9.19. The van der Waals surface area contributed by atoms with E-state index in [-0.39, 0.29) is 26.1 Å². The smallest absolute Gasteiger partial charge is 0.462 e. The molecule has 0 fully saturated rings. The highest BCUT2D eigenvalue weighted by atomic mass is 31.2. The third kappa shape index (κ3) is 44.6. The molecule has 0 saturated carbocycles. The Hall–Kier alpha value is -2.81. The minimum absolute atomic E-state index is 0.00541. The number of likely N-dealkylation sites (N-methyl/N-ethyl adjacent to an activating group) is 1. The van der Waals surface area contributed by atoms with Gasteiger partial charge in [-0.1, -0.05) is 150 Å². The van der Waals surface area contributed by atoms with Gasteiger partial charge in [0.15, 0.2) is 6.10 Å². The molecular formula is C49H84NO8P. The molecular weight excluding hydrogens is 762 g/mol. The SMILES string of the molecule is CC/C=C\C/C=C\C/C=C\C/C=C\C/C=C\CCCCCC(=O)OC(COC(=O)CCCCCCCCC/C=C\C/C=C\CCCCC)COP(=O)(O)OCCN(C)C. The third-order valence-corrected chi connectivity index (χ3v) is 10.2. The number of phosphoric ester groups is 1. The van der Waals surface area contributed by atoms with Crippen molar-refractivity contribution in [1.29, 1.82) is 0 Å². The molecule has 0 heterocycles. The molecule has 0 radical (unpaired) electrons. The quantitative estimate of drug-likeness (QED) is 0.0278. The van der Waals surface area contributed by atoms with Crippen LogP contribution >= 0.6 is 7.82 Å². The Morgan fingerprint density at radius 3 is 1.46 bits per heavy atom. The Bertz CT molecular complexity index is 1250. The molecule has 0 aromatic heterocycles. The Morgan fingerprint density at radius 2 is 0.966 bits per heavy atom. The van der Waals surface area contributed by atoms with E-state index in [4.69, 9.17) is 18.5 Å². The maximum atomic E-state index is 12.7. The summed E-state index contributed by atoms with van der Waals surface area (Å²) in [6, 6.07) is 0. The number of phosphoric acid groups is 1. The van der Waals surface area contributed by atoms with Crippen LogP contribution in [0.2, 0.25) is 0 Å². The monoisotopic (exact) mass is 846 g/mol. The molecule has 2 unspecified atom stereocenters. The first-order chi connectivity index (χ1) is 28.7. The van der Waals surface area contributed by atoms with Crippen molar-refractivity contribution in [3.05, 3.63) is 85.1 Å². The predicted molar refractivity (Wildman–Crippen MR) is 247 cm³/mol. The lowest BCUT2D eigenvalue weighted by Crippen LogP contribution is -2.29. The van der Waals surface area contributed by atoms with E-state index >= 15 is 0 Å². The molecule has 0 spiro atoms. The Morgan fingerprint density at radius 1 is 0.542 bits per heavy atom. The van der Waals surface area contributed by atoms with Gasteiger partial charge in [-0.25, -0.2) is 4.57 Å². The standard InChI is InChI=1S/C49H84NO8P/c1-5-7-9-11-13-15-17-19-21-23-24-26-28-30-32-34-36-38-40-42-49(52)58-47(46-57-59(53,54)56-44-43-50(3)4)45-55-48(51)41-39-37-35-33-31-29-27-25-22-20-18-16-14-12-10-8-6-2/h7,9,13-16,19-22,24,26,30,32,47H,5-6,8,10-12,17-18,23,25,27-29,31,33-46H2,1-4H3,(H,53,54)/b9-7-,15-13-,16-14-,21-19-,22-20-,26-24-,32-30-. The normalized spacial score (nSPS) is 14.1. The minimum atomic E-state index is -4.38. The van der Waals surface area contributed by atoms with Crippen LogP contribution in [0, 0.1) is 0 Å². The topological polar surface area (TPSA) is 112 Å². The summed E-state index contributed by atoms with van der Waals surface area (Å²) in [6.07, 6.45) is 53.4. The van der Waals surface area contributed by atoms with Gasteiger partial charge < -0.3 is 19.3 Å². The first-order valence-corrected chi connectivity index (χ1v) is 24.4. The highest BCUT2D eigenvalue weighted by Gasteiger charge is 2.26. The molecule has 0 aliphatic rings. The lowest BCUT2D eigenvalue weighted by molar-refractivity contribution is -0.161. The van der Waals surface area contributed by atoms with Crippen molar-refractivity contribution in [3.8, 4) is 0 Å². The van der Waals surface area contributed by atoms with E-state index in [1.807, 2.05) is 19.0 Å². The maximum Gasteiger partial charge on any atom is 0.472 e. The molecule has 9 nitrogen and oxygen atoms in total. The predicted octanol–water partition coefficient (Wildman–Crippen LogP) is 13.4. The Balaban J connectivity index is 4.36. The fourth-order valence-corrected chi connectivity index (χ4v) is 6.43. The number of hydrogen-bond donors (Lipinski definition) is 1. The molecule has 2 atom stereocenters. The first-order valence-electron chi connectivity index (χ1n) is 22.9. The second-order valence-electron chi connectivity index (χ2n) is 15.2. The second-order valence-corrected chi connectivity index (χ2v) is 16.6. The molecule has 1 N–H and O–H groups in total. The van der Waals surface area contributed by atoms with Gasteiger partial charge in [0.1, 0.15) is 6.61 Å². The van der Waals surface area contributed by atoms with E-state index in [1.54, 1.807) is 0 Å². The minimum Gasteiger partial charge on any atom is -0.462 e. The average molecular weight is 846 g/mol. The molecule has 0 aromatic rings. The summed E-state index contributed by atoms with van der Waals surface area (Å²) in [5, 5.41) is 0. The van der Waals surface area contributed by atoms with Crippen LogP contribution in [0.15, 0.2) is 85.1 Å². The van der Waals surface area contributed by atoms with Crippen molar-refractivity contribution in [1.82, 2.24) is 4.90 Å². The number of hydrogen-bond acceptors (Lipinski definition) is 8. The van der Waals surface area contributed by atoms with Crippen LogP contribution in [0.5, 0.6) is 0 Å². The highest BCUT2D eigenvalue weighted by Crippen LogP contribution is 2.43. The summed E-state index contributed by atoms with van der Waals surface area (Å²) in [6.45, 7) is 4.12. The van der Waals surface area contributed by atoms with Crippen LogP contribution in [0.25, 0.3) is 0 Å². The fraction of sp³-hybridized carbons (Fsp3) is 0.673. The zero-order chi connectivity index (χ0) is 43.3. The summed E-state index contributed by atoms with van der Waals surface area (Å²) < 4.78 is 33.5. The molecule has 0 saturated heterocycles. The van der Waals surface area contributed by atoms with E-state index in [1.165, 1.54) is 44.9 Å². The molecule has 338 valence electrons. The van der Waals surface area contributed by atoms with Gasteiger partial charge >= 0.3 is 19.8 Å². The summed E-state index contributed by atoms with van der Waals surface area (Å²) in [5.74, 6) is -0.856. The number of unbranched alkanes of at least 4 members (excludes halogenated alkanes) is 13. The number of carbonyl (C=O) groups excluding carboxylic acids is 2. The Labute approximate surface area is 360 Å². The fourth-order valence-electron chi connectivity index (χ4n) is 5.68. The van der Waals surface area contributed by atoms with E-state index < -0.39 is 32.5 Å². The van der Waals surface area contributed by atoms with Gasteiger partial charge in [-0.15, -0.1) is 0 Å². The van der Waals surface area contributed by atoms with Crippen molar-refractivity contribution in [2.24, 2.45) is 0 Å². The summed E-state index contributed by atoms with van der Waals surface area (Å²) in [4.78, 5) is 37.1. The lowest BCUT2D eigenvalue weighted by Gasteiger charge is -2.20. The maximum absolute atomic E-state index is 12.7. The summed E-state index contributed by atoms with van der Waals surface area (Å²) >= 11 is 0. The van der Waals surface area contributed by atoms with Crippen LogP contribution in [0.4, 0.5) is 0 Å². The zero-order valence-electron chi connectivity index (χ0n) is 37.7. The summed E-state index contributed by atoms with van der Waals surface area (Å²) in [7, 11) is -0.746. The number of ether oxygens (including phenoxy) is 2. The Kier molecular flexibility index (Phi) is 41.2. The zero-order valence-corrected chi connectivity index (χ0v) is 38.6. The number of carbonyl (C=O) groups is 2. The van der Waals surface area contributed by atoms with Gasteiger partial charge in [-0.2, -0.15) is 0 Å². The van der Waals surface area contributed by atoms with E-state index in [0.717, 1.165) is 89.9 Å². The number of allylic oxidation sites excluding steroid dienone is 14. The molecule has 0 amide bonds. The molecule has 10 heteroatoms. The van der Waals surface area contributed by atoms with Crippen molar-refractivity contribution < 1.29 is 37.6 Å². The largest absolute Gasteiger partial charge is 0.472 e. The van der Waals surface area contributed by atoms with Crippen LogP contribution < -0.4 is 0 Å². The van der Waals surface area contributed by atoms with E-state index in [0.29, 0.717) is 13.0 Å². The van der Waals surface area contributed by atoms with Crippen LogP contribution in [0.1, 0.15) is 168 Å². The van der Waals surface area contributed by atoms with Gasteiger partial charge in [0, 0.05) is 19.4 Å². The molecule has 0 aliphatic heterocycles. The number of nitrogens with zero attached hydrogens (tertiary/aromatic N) is 1. The summed E-state index contributed by atoms with van der Waals surface area (Å²) in [5.41, 5.74) is 0. The second kappa shape index (κ2) is 43.3. The average Bonchev–Trinajstić information content (AvgIpc) is 3.20. The first kappa shape index (κ1) is 56.2. The van der Waals surface area contributed by atoms with Gasteiger partial charge in [0.25, 0.3) is 0 Å².